The molecule has 6 heteroatoms. The number of aromatic amines is 1. The summed E-state index contributed by atoms with van der Waals surface area (Å²) in [5.41, 5.74) is 3.82. The highest BCUT2D eigenvalue weighted by Crippen LogP contribution is 2.19. The quantitative estimate of drug-likeness (QED) is 0.320. The highest BCUT2D eigenvalue weighted by Gasteiger charge is 2.04. The number of aryl methyl sites for hydroxylation is 2. The number of aromatic nitrogens is 2. The van der Waals surface area contributed by atoms with Crippen LogP contribution in [-0.2, 0) is 13.0 Å². The van der Waals surface area contributed by atoms with Gasteiger partial charge in [-0.15, -0.1) is 0 Å². The van der Waals surface area contributed by atoms with Gasteiger partial charge in [-0.25, -0.2) is 0 Å². The molecule has 3 rings (SSSR count). The van der Waals surface area contributed by atoms with E-state index in [1.807, 2.05) is 12.3 Å². The normalized spacial score (nSPS) is 11.7. The second-order valence-corrected chi connectivity index (χ2v) is 6.98. The van der Waals surface area contributed by atoms with Crippen LogP contribution in [0.4, 0.5) is 0 Å². The molecule has 0 aliphatic heterocycles. The maximum Gasteiger partial charge on any atom is 0.250 e. The number of pyridine rings is 1. The molecule has 2 heterocycles. The zero-order valence-electron chi connectivity index (χ0n) is 16.7. The van der Waals surface area contributed by atoms with Crippen LogP contribution in [0, 0.1) is 6.92 Å². The van der Waals surface area contributed by atoms with Gasteiger partial charge in [0.05, 0.1) is 0 Å². The van der Waals surface area contributed by atoms with Crippen molar-refractivity contribution in [3.63, 3.8) is 0 Å². The Morgan fingerprint density at radius 1 is 1.14 bits per heavy atom. The molecule has 0 saturated heterocycles. The van der Waals surface area contributed by atoms with Gasteiger partial charge in [-0.3, -0.25) is 9.79 Å². The number of guanidine groups is 1. The van der Waals surface area contributed by atoms with Crippen molar-refractivity contribution in [2.45, 2.75) is 32.7 Å². The molecule has 3 N–H and O–H groups in total. The summed E-state index contributed by atoms with van der Waals surface area (Å²) in [6.07, 6.45) is 6.78. The number of rotatable bonds is 8. The van der Waals surface area contributed by atoms with Crippen LogP contribution >= 0.6 is 0 Å². The van der Waals surface area contributed by atoms with E-state index in [1.165, 1.54) is 22.0 Å². The number of nitrogens with one attached hydrogen (secondary N) is 3. The fraction of sp³-hybridized carbons (Fsp3) is 0.364. The SMILES string of the molecule is CN=C(NCCCCn1ccccc1=O)NCCc1c[nH]c2cc(C)ccc12. The average Bonchev–Trinajstić information content (AvgIpc) is 3.09. The Morgan fingerprint density at radius 2 is 2.00 bits per heavy atom. The number of benzene rings is 1. The minimum Gasteiger partial charge on any atom is -0.361 e. The molecule has 0 saturated carbocycles. The van der Waals surface area contributed by atoms with Crippen LogP contribution in [0.25, 0.3) is 10.9 Å². The average molecular weight is 380 g/mol. The molecular formula is C22H29N5O. The Balaban J connectivity index is 1.37. The van der Waals surface area contributed by atoms with E-state index in [4.69, 9.17) is 0 Å². The zero-order chi connectivity index (χ0) is 19.8. The summed E-state index contributed by atoms with van der Waals surface area (Å²) in [6.45, 7) is 4.50. The summed E-state index contributed by atoms with van der Waals surface area (Å²) in [4.78, 5) is 19.3. The molecule has 0 radical (unpaired) electrons. The maximum absolute atomic E-state index is 11.7. The van der Waals surface area contributed by atoms with Crippen LogP contribution in [0.3, 0.4) is 0 Å². The lowest BCUT2D eigenvalue weighted by atomic mass is 10.1. The third-order valence-electron chi connectivity index (χ3n) is 4.85. The Morgan fingerprint density at radius 3 is 2.82 bits per heavy atom. The first-order valence-corrected chi connectivity index (χ1v) is 9.84. The van der Waals surface area contributed by atoms with Crippen LogP contribution in [0.2, 0.25) is 0 Å². The molecule has 148 valence electrons. The Kier molecular flexibility index (Phi) is 6.89. The van der Waals surface area contributed by atoms with E-state index in [0.717, 1.165) is 44.9 Å². The van der Waals surface area contributed by atoms with Gasteiger partial charge in [0, 0.05) is 56.0 Å². The van der Waals surface area contributed by atoms with Crippen molar-refractivity contribution in [1.29, 1.82) is 0 Å². The van der Waals surface area contributed by atoms with Crippen LogP contribution in [-0.4, -0.2) is 35.6 Å². The van der Waals surface area contributed by atoms with E-state index in [1.54, 1.807) is 23.7 Å². The molecule has 0 aliphatic rings. The summed E-state index contributed by atoms with van der Waals surface area (Å²) in [6, 6.07) is 11.8. The maximum atomic E-state index is 11.7. The van der Waals surface area contributed by atoms with Gasteiger partial charge in [0.15, 0.2) is 5.96 Å². The van der Waals surface area contributed by atoms with E-state index in [2.05, 4.69) is 51.9 Å². The minimum atomic E-state index is 0.0559. The molecule has 28 heavy (non-hydrogen) atoms. The van der Waals surface area contributed by atoms with Gasteiger partial charge in [-0.05, 0) is 49.4 Å². The molecule has 0 fully saturated rings. The summed E-state index contributed by atoms with van der Waals surface area (Å²) < 4.78 is 1.75. The first-order valence-electron chi connectivity index (χ1n) is 9.84. The van der Waals surface area contributed by atoms with Gasteiger partial charge >= 0.3 is 0 Å². The first kappa shape index (κ1) is 19.7. The van der Waals surface area contributed by atoms with Crippen molar-refractivity contribution in [2.24, 2.45) is 4.99 Å². The third-order valence-corrected chi connectivity index (χ3v) is 4.85. The predicted molar refractivity (Wildman–Crippen MR) is 116 cm³/mol. The fourth-order valence-corrected chi connectivity index (χ4v) is 3.30. The van der Waals surface area contributed by atoms with Crippen molar-refractivity contribution in [3.8, 4) is 0 Å². The lowest BCUT2D eigenvalue weighted by Gasteiger charge is -2.12. The largest absolute Gasteiger partial charge is 0.361 e. The van der Waals surface area contributed by atoms with Gasteiger partial charge in [-0.1, -0.05) is 18.2 Å². The summed E-state index contributed by atoms with van der Waals surface area (Å²) in [5.74, 6) is 0.813. The Bertz CT molecular complexity index is 986. The summed E-state index contributed by atoms with van der Waals surface area (Å²) >= 11 is 0. The number of nitrogens with zero attached hydrogens (tertiary/aromatic N) is 2. The van der Waals surface area contributed by atoms with E-state index in [9.17, 15) is 4.79 Å². The van der Waals surface area contributed by atoms with E-state index in [0.29, 0.717) is 0 Å². The van der Waals surface area contributed by atoms with Gasteiger partial charge in [0.2, 0.25) is 5.56 Å². The molecule has 0 aliphatic carbocycles. The van der Waals surface area contributed by atoms with Crippen LogP contribution in [0.15, 0.2) is 58.6 Å². The lowest BCUT2D eigenvalue weighted by Crippen LogP contribution is -2.38. The van der Waals surface area contributed by atoms with Gasteiger partial charge in [-0.2, -0.15) is 0 Å². The molecule has 1 aromatic carbocycles. The molecule has 0 atom stereocenters. The number of unbranched alkanes of at least 4 members (excludes halogenated alkanes) is 1. The number of H-pyrrole nitrogens is 1. The summed E-state index contributed by atoms with van der Waals surface area (Å²) in [7, 11) is 1.79. The standard InChI is InChI=1S/C22H29N5O/c1-17-8-9-19-18(16-26-20(19)15-17)10-12-25-22(23-2)24-11-4-6-14-27-13-5-3-7-21(27)28/h3,5,7-9,13,15-16,26H,4,6,10-12,14H2,1-2H3,(H2,23,24,25). The van der Waals surface area contributed by atoms with Crippen molar-refractivity contribution < 1.29 is 0 Å². The number of hydrogen-bond acceptors (Lipinski definition) is 2. The van der Waals surface area contributed by atoms with Crippen molar-refractivity contribution in [3.05, 3.63) is 70.3 Å². The van der Waals surface area contributed by atoms with E-state index in [-0.39, 0.29) is 5.56 Å². The van der Waals surface area contributed by atoms with E-state index < -0.39 is 0 Å². The van der Waals surface area contributed by atoms with Crippen LogP contribution in [0.5, 0.6) is 0 Å². The molecule has 0 unspecified atom stereocenters. The Hall–Kier alpha value is -3.02. The van der Waals surface area contributed by atoms with Crippen molar-refractivity contribution in [1.82, 2.24) is 20.2 Å². The number of aliphatic imine (C=N–C) groups is 1. The third kappa shape index (κ3) is 5.25. The minimum absolute atomic E-state index is 0.0559. The van der Waals surface area contributed by atoms with Crippen LogP contribution < -0.4 is 16.2 Å². The Labute approximate surface area is 165 Å². The zero-order valence-corrected chi connectivity index (χ0v) is 16.7. The van der Waals surface area contributed by atoms with Gasteiger partial charge < -0.3 is 20.2 Å². The van der Waals surface area contributed by atoms with E-state index >= 15 is 0 Å². The summed E-state index contributed by atoms with van der Waals surface area (Å²) in [5, 5.41) is 7.99. The molecule has 6 nitrogen and oxygen atoms in total. The molecule has 3 aromatic rings. The van der Waals surface area contributed by atoms with Crippen LogP contribution in [0.1, 0.15) is 24.0 Å². The predicted octanol–water partition coefficient (Wildman–Crippen LogP) is 2.83. The van der Waals surface area contributed by atoms with Crippen molar-refractivity contribution in [2.75, 3.05) is 20.1 Å². The molecule has 0 amide bonds. The van der Waals surface area contributed by atoms with Crippen molar-refractivity contribution >= 4 is 16.9 Å². The monoisotopic (exact) mass is 379 g/mol. The number of fused-ring (bicyclic) bond motifs is 1. The number of hydrogen-bond donors (Lipinski definition) is 3. The molecule has 2 aromatic heterocycles. The molecule has 0 spiro atoms. The topological polar surface area (TPSA) is 74.2 Å². The second-order valence-electron chi connectivity index (χ2n) is 6.98. The fourth-order valence-electron chi connectivity index (χ4n) is 3.30. The second kappa shape index (κ2) is 9.78. The van der Waals surface area contributed by atoms with Gasteiger partial charge in [0.1, 0.15) is 0 Å². The first-order chi connectivity index (χ1) is 13.7. The van der Waals surface area contributed by atoms with Gasteiger partial charge in [0.25, 0.3) is 0 Å². The lowest BCUT2D eigenvalue weighted by molar-refractivity contribution is 0.585. The highest BCUT2D eigenvalue weighted by molar-refractivity contribution is 5.84. The molecule has 0 bridgehead atoms. The smallest absolute Gasteiger partial charge is 0.250 e. The molecular weight excluding hydrogens is 350 g/mol. The highest BCUT2D eigenvalue weighted by atomic mass is 16.1.